The maximum Gasteiger partial charge on any atom is 0.162 e. The lowest BCUT2D eigenvalue weighted by atomic mass is 10.1. The average Bonchev–Trinajstić information content (AvgIpc) is 3.12. The van der Waals surface area contributed by atoms with Gasteiger partial charge in [-0.2, -0.15) is 5.26 Å². The van der Waals surface area contributed by atoms with Gasteiger partial charge in [-0.1, -0.05) is 36.0 Å². The second-order valence-electron chi connectivity index (χ2n) is 6.17. The van der Waals surface area contributed by atoms with E-state index in [1.165, 1.54) is 0 Å². The first-order valence-corrected chi connectivity index (χ1v) is 9.12. The van der Waals surface area contributed by atoms with Crippen LogP contribution in [0.4, 0.5) is 0 Å². The highest BCUT2D eigenvalue weighted by Gasteiger charge is 2.21. The smallest absolute Gasteiger partial charge is 0.162 e. The Bertz CT molecular complexity index is 803. The summed E-state index contributed by atoms with van der Waals surface area (Å²) in [5, 5.41) is 9.41. The highest BCUT2D eigenvalue weighted by molar-refractivity contribution is 7.80. The lowest BCUT2D eigenvalue weighted by Crippen LogP contribution is -2.48. The van der Waals surface area contributed by atoms with E-state index >= 15 is 0 Å². The molecule has 0 N–H and O–H groups in total. The number of rotatable bonds is 4. The Morgan fingerprint density at radius 1 is 1.24 bits per heavy atom. The molecule has 1 fully saturated rings. The molecule has 0 atom stereocenters. The summed E-state index contributed by atoms with van der Waals surface area (Å²) >= 11 is 11.8. The van der Waals surface area contributed by atoms with E-state index in [4.69, 9.17) is 33.5 Å². The van der Waals surface area contributed by atoms with Crippen molar-refractivity contribution in [2.45, 2.75) is 13.3 Å². The van der Waals surface area contributed by atoms with Crippen molar-refractivity contribution in [3.05, 3.63) is 46.7 Å². The van der Waals surface area contributed by atoms with Gasteiger partial charge in [0.05, 0.1) is 6.07 Å². The van der Waals surface area contributed by atoms with E-state index in [1.807, 2.05) is 37.3 Å². The van der Waals surface area contributed by atoms with Gasteiger partial charge in [-0.3, -0.25) is 4.90 Å². The lowest BCUT2D eigenvalue weighted by Gasteiger charge is -2.35. The molecule has 1 saturated heterocycles. The molecular formula is C19H20ClN3OS. The van der Waals surface area contributed by atoms with Crippen molar-refractivity contribution >= 4 is 28.8 Å². The zero-order valence-electron chi connectivity index (χ0n) is 14.2. The summed E-state index contributed by atoms with van der Waals surface area (Å²) in [6.07, 6.45) is 0.575. The molecule has 1 aromatic carbocycles. The van der Waals surface area contributed by atoms with E-state index in [0.717, 1.165) is 59.6 Å². The number of halogens is 1. The number of thiocarbonyl (C=S) groups is 1. The van der Waals surface area contributed by atoms with Crippen LogP contribution in [0.1, 0.15) is 17.7 Å². The van der Waals surface area contributed by atoms with Gasteiger partial charge in [0.2, 0.25) is 0 Å². The van der Waals surface area contributed by atoms with E-state index in [2.05, 4.69) is 15.9 Å². The van der Waals surface area contributed by atoms with Crippen molar-refractivity contribution in [3.8, 4) is 17.4 Å². The molecule has 1 aliphatic rings. The summed E-state index contributed by atoms with van der Waals surface area (Å²) in [7, 11) is 0. The normalized spacial score (nSPS) is 15.2. The minimum absolute atomic E-state index is 0.575. The molecule has 0 saturated carbocycles. The van der Waals surface area contributed by atoms with Gasteiger partial charge in [-0.25, -0.2) is 0 Å². The number of hydrogen-bond donors (Lipinski definition) is 0. The summed E-state index contributed by atoms with van der Waals surface area (Å²) in [5.41, 5.74) is 1.99. The number of benzene rings is 1. The van der Waals surface area contributed by atoms with E-state index in [0.29, 0.717) is 12.2 Å². The Kier molecular flexibility index (Phi) is 5.74. The number of nitrogens with zero attached hydrogens (tertiary/aromatic N) is 3. The largest absolute Gasteiger partial charge is 0.454 e. The molecule has 1 aromatic heterocycles. The molecule has 2 aromatic rings. The molecule has 0 radical (unpaired) electrons. The van der Waals surface area contributed by atoms with Gasteiger partial charge in [0.15, 0.2) is 5.76 Å². The van der Waals surface area contributed by atoms with Gasteiger partial charge in [-0.15, -0.1) is 0 Å². The first-order valence-electron chi connectivity index (χ1n) is 8.33. The van der Waals surface area contributed by atoms with Crippen LogP contribution in [0.5, 0.6) is 0 Å². The van der Waals surface area contributed by atoms with Crippen molar-refractivity contribution in [3.63, 3.8) is 0 Å². The predicted octanol–water partition coefficient (Wildman–Crippen LogP) is 4.12. The molecule has 25 heavy (non-hydrogen) atoms. The molecule has 0 unspecified atom stereocenters. The van der Waals surface area contributed by atoms with Gasteiger partial charge in [0.1, 0.15) is 10.7 Å². The van der Waals surface area contributed by atoms with Crippen molar-refractivity contribution in [2.24, 2.45) is 0 Å². The van der Waals surface area contributed by atoms with E-state index in [-0.39, 0.29) is 0 Å². The van der Waals surface area contributed by atoms with E-state index in [1.54, 1.807) is 0 Å². The minimum atomic E-state index is 0.575. The Morgan fingerprint density at radius 3 is 2.68 bits per heavy atom. The number of nitriles is 1. The van der Waals surface area contributed by atoms with Crippen LogP contribution < -0.4 is 0 Å². The van der Waals surface area contributed by atoms with Gasteiger partial charge in [-0.05, 0) is 30.7 Å². The summed E-state index contributed by atoms with van der Waals surface area (Å²) in [6, 6.07) is 12.0. The first kappa shape index (κ1) is 17.9. The van der Waals surface area contributed by atoms with Crippen LogP contribution >= 0.6 is 23.8 Å². The lowest BCUT2D eigenvalue weighted by molar-refractivity contribution is 0.186. The van der Waals surface area contributed by atoms with Crippen LogP contribution in [0.25, 0.3) is 11.3 Å². The molecule has 3 rings (SSSR count). The maximum absolute atomic E-state index is 8.69. The summed E-state index contributed by atoms with van der Waals surface area (Å²) in [4.78, 5) is 5.21. The van der Waals surface area contributed by atoms with Crippen LogP contribution in [0.3, 0.4) is 0 Å². The Hall–Kier alpha value is -1.87. The molecule has 2 heterocycles. The molecule has 0 bridgehead atoms. The van der Waals surface area contributed by atoms with Crippen LogP contribution in [0.2, 0.25) is 5.02 Å². The SMILES string of the molecule is Cc1ccc(-c2ccc(C(=S)N3CCN(CCC#N)CC3)o2)cc1Cl. The van der Waals surface area contributed by atoms with Crippen LogP contribution in [0, 0.1) is 18.3 Å². The highest BCUT2D eigenvalue weighted by atomic mass is 35.5. The average molecular weight is 374 g/mol. The minimum Gasteiger partial charge on any atom is -0.454 e. The van der Waals surface area contributed by atoms with E-state index in [9.17, 15) is 0 Å². The molecule has 1 aliphatic heterocycles. The second kappa shape index (κ2) is 8.01. The molecular weight excluding hydrogens is 354 g/mol. The fraction of sp³-hybridized carbons (Fsp3) is 0.368. The second-order valence-corrected chi connectivity index (χ2v) is 6.96. The van der Waals surface area contributed by atoms with Gasteiger partial charge < -0.3 is 9.32 Å². The summed E-state index contributed by atoms with van der Waals surface area (Å²) in [6.45, 7) is 6.36. The molecule has 130 valence electrons. The van der Waals surface area contributed by atoms with Crippen molar-refractivity contribution in [1.29, 1.82) is 5.26 Å². The first-order chi connectivity index (χ1) is 12.1. The fourth-order valence-corrected chi connectivity index (χ4v) is 3.37. The topological polar surface area (TPSA) is 43.4 Å². The number of furan rings is 1. The zero-order chi connectivity index (χ0) is 17.8. The molecule has 0 spiro atoms. The number of hydrogen-bond acceptors (Lipinski definition) is 4. The standard InChI is InChI=1S/C19H20ClN3OS/c1-14-3-4-15(13-16(14)20)17-5-6-18(24-17)19(25)23-11-9-22(10-12-23)8-2-7-21/h3-6,13H,2,8-12H2,1H3. The fourth-order valence-electron chi connectivity index (χ4n) is 2.89. The molecule has 4 nitrogen and oxygen atoms in total. The van der Waals surface area contributed by atoms with Crippen molar-refractivity contribution < 1.29 is 4.42 Å². The van der Waals surface area contributed by atoms with Crippen LogP contribution in [-0.4, -0.2) is 47.5 Å². The van der Waals surface area contributed by atoms with Crippen LogP contribution in [-0.2, 0) is 0 Å². The summed E-state index contributed by atoms with van der Waals surface area (Å²) < 4.78 is 5.97. The monoisotopic (exact) mass is 373 g/mol. The van der Waals surface area contributed by atoms with Crippen molar-refractivity contribution in [2.75, 3.05) is 32.7 Å². The Labute approximate surface area is 158 Å². The third-order valence-corrected chi connectivity index (χ3v) is 5.34. The van der Waals surface area contributed by atoms with Gasteiger partial charge in [0.25, 0.3) is 0 Å². The molecule has 6 heteroatoms. The van der Waals surface area contributed by atoms with Gasteiger partial charge >= 0.3 is 0 Å². The number of aryl methyl sites for hydroxylation is 1. The predicted molar refractivity (Wildman–Crippen MR) is 104 cm³/mol. The maximum atomic E-state index is 8.69. The van der Waals surface area contributed by atoms with Crippen molar-refractivity contribution in [1.82, 2.24) is 9.80 Å². The summed E-state index contributed by atoms with van der Waals surface area (Å²) in [5.74, 6) is 1.49. The zero-order valence-corrected chi connectivity index (χ0v) is 15.7. The number of piperazine rings is 1. The quantitative estimate of drug-likeness (QED) is 0.754. The Morgan fingerprint density at radius 2 is 2.00 bits per heavy atom. The molecule has 0 amide bonds. The third kappa shape index (κ3) is 4.21. The van der Waals surface area contributed by atoms with Crippen LogP contribution in [0.15, 0.2) is 34.7 Å². The molecule has 0 aliphatic carbocycles. The van der Waals surface area contributed by atoms with E-state index < -0.39 is 0 Å². The van der Waals surface area contributed by atoms with Gasteiger partial charge in [0, 0.05) is 49.7 Å². The highest BCUT2D eigenvalue weighted by Crippen LogP contribution is 2.27. The Balaban J connectivity index is 1.65. The third-order valence-electron chi connectivity index (χ3n) is 4.47.